The van der Waals surface area contributed by atoms with Crippen molar-refractivity contribution in [1.29, 1.82) is 0 Å². The van der Waals surface area contributed by atoms with Gasteiger partial charge in [-0.15, -0.1) is 0 Å². The Kier molecular flexibility index (Phi) is 4.07. The molecular weight excluding hydrogens is 280 g/mol. The number of anilines is 2. The van der Waals surface area contributed by atoms with Crippen LogP contribution in [0.1, 0.15) is 13.8 Å². The minimum atomic E-state index is -3.05. The Bertz CT molecular complexity index is 696. The Labute approximate surface area is 117 Å². The third-order valence-electron chi connectivity index (χ3n) is 2.58. The van der Waals surface area contributed by atoms with Crippen LogP contribution in [0.25, 0.3) is 11.0 Å². The van der Waals surface area contributed by atoms with Crippen molar-refractivity contribution < 1.29 is 8.42 Å². The fourth-order valence-electron chi connectivity index (χ4n) is 1.91. The Morgan fingerprint density at radius 3 is 2.80 bits per heavy atom. The molecule has 0 saturated heterocycles. The predicted molar refractivity (Wildman–Crippen MR) is 78.6 cm³/mol. The van der Waals surface area contributed by atoms with Gasteiger partial charge in [0.1, 0.15) is 15.7 Å². The third kappa shape index (κ3) is 3.56. The smallest absolute Gasteiger partial charge is 0.226 e. The zero-order chi connectivity index (χ0) is 14.8. The van der Waals surface area contributed by atoms with Crippen molar-refractivity contribution in [2.45, 2.75) is 19.9 Å². The van der Waals surface area contributed by atoms with E-state index in [0.717, 1.165) is 5.39 Å². The minimum Gasteiger partial charge on any atom is -0.366 e. The maximum absolute atomic E-state index is 11.3. The summed E-state index contributed by atoms with van der Waals surface area (Å²) in [6.07, 6.45) is 2.82. The number of H-pyrrole nitrogens is 1. The van der Waals surface area contributed by atoms with E-state index in [4.69, 9.17) is 0 Å². The number of aromatic nitrogens is 4. The Hall–Kier alpha value is -1.90. The lowest BCUT2D eigenvalue weighted by Gasteiger charge is -2.14. The molecule has 0 aliphatic rings. The number of hydrogen-bond donors (Lipinski definition) is 3. The first-order valence-corrected chi connectivity index (χ1v) is 8.34. The lowest BCUT2D eigenvalue weighted by Crippen LogP contribution is -2.25. The van der Waals surface area contributed by atoms with Crippen LogP contribution < -0.4 is 10.6 Å². The summed E-state index contributed by atoms with van der Waals surface area (Å²) in [7, 11) is -3.05. The van der Waals surface area contributed by atoms with Crippen molar-refractivity contribution in [2.75, 3.05) is 29.2 Å². The molecule has 0 aromatic carbocycles. The first kappa shape index (κ1) is 14.5. The van der Waals surface area contributed by atoms with E-state index in [9.17, 15) is 8.42 Å². The summed E-state index contributed by atoms with van der Waals surface area (Å²) in [5.74, 6) is 1.07. The standard InChI is InChI=1S/C11H18N6O2S/c1-4-12-11-15-9(8-5-13-17-10(8)16-11)14-7(2)6-20(3,18)19/h5,7H,4,6H2,1-3H3,(H3,12,13,14,15,16,17). The Morgan fingerprint density at radius 2 is 2.15 bits per heavy atom. The third-order valence-corrected chi connectivity index (χ3v) is 3.69. The molecule has 0 radical (unpaired) electrons. The second-order valence-corrected chi connectivity index (χ2v) is 6.88. The van der Waals surface area contributed by atoms with Crippen LogP contribution in [0, 0.1) is 0 Å². The quantitative estimate of drug-likeness (QED) is 0.717. The molecule has 110 valence electrons. The van der Waals surface area contributed by atoms with Crippen molar-refractivity contribution >= 4 is 32.6 Å². The number of fused-ring (bicyclic) bond motifs is 1. The van der Waals surface area contributed by atoms with E-state index >= 15 is 0 Å². The van der Waals surface area contributed by atoms with Crippen LogP contribution >= 0.6 is 0 Å². The summed E-state index contributed by atoms with van der Waals surface area (Å²) >= 11 is 0. The Morgan fingerprint density at radius 1 is 1.40 bits per heavy atom. The van der Waals surface area contributed by atoms with E-state index in [1.807, 2.05) is 6.92 Å². The molecular formula is C11H18N6O2S. The molecule has 0 fully saturated rings. The fraction of sp³-hybridized carbons (Fsp3) is 0.545. The maximum atomic E-state index is 11.3. The number of sulfone groups is 1. The van der Waals surface area contributed by atoms with Gasteiger partial charge < -0.3 is 10.6 Å². The molecule has 0 aliphatic carbocycles. The number of nitrogens with zero attached hydrogens (tertiary/aromatic N) is 3. The second-order valence-electron chi connectivity index (χ2n) is 4.70. The van der Waals surface area contributed by atoms with Crippen LogP contribution in [-0.4, -0.2) is 53.2 Å². The minimum absolute atomic E-state index is 0.0346. The van der Waals surface area contributed by atoms with Gasteiger partial charge in [0.15, 0.2) is 5.65 Å². The molecule has 20 heavy (non-hydrogen) atoms. The van der Waals surface area contributed by atoms with Crippen molar-refractivity contribution in [3.63, 3.8) is 0 Å². The molecule has 2 heterocycles. The molecule has 0 amide bonds. The maximum Gasteiger partial charge on any atom is 0.226 e. The highest BCUT2D eigenvalue weighted by molar-refractivity contribution is 7.90. The van der Waals surface area contributed by atoms with Crippen molar-refractivity contribution in [2.24, 2.45) is 0 Å². The van der Waals surface area contributed by atoms with Gasteiger partial charge in [-0.2, -0.15) is 15.1 Å². The number of nitrogens with one attached hydrogen (secondary N) is 3. The first-order valence-electron chi connectivity index (χ1n) is 6.28. The highest BCUT2D eigenvalue weighted by Crippen LogP contribution is 2.20. The van der Waals surface area contributed by atoms with E-state index in [1.54, 1.807) is 13.1 Å². The van der Waals surface area contributed by atoms with E-state index < -0.39 is 9.84 Å². The van der Waals surface area contributed by atoms with Gasteiger partial charge in [0, 0.05) is 18.8 Å². The number of rotatable bonds is 6. The fourth-order valence-corrected chi connectivity index (χ4v) is 2.90. The van der Waals surface area contributed by atoms with Gasteiger partial charge in [0.05, 0.1) is 17.3 Å². The van der Waals surface area contributed by atoms with Gasteiger partial charge in [-0.1, -0.05) is 0 Å². The summed E-state index contributed by atoms with van der Waals surface area (Å²) in [6, 6.07) is -0.257. The average molecular weight is 298 g/mol. The van der Waals surface area contributed by atoms with E-state index in [2.05, 4.69) is 30.8 Å². The molecule has 2 aromatic rings. The molecule has 0 aliphatic heterocycles. The normalized spacial score (nSPS) is 13.3. The molecule has 9 heteroatoms. The zero-order valence-electron chi connectivity index (χ0n) is 11.6. The van der Waals surface area contributed by atoms with Gasteiger partial charge in [-0.3, -0.25) is 5.10 Å². The van der Waals surface area contributed by atoms with Gasteiger partial charge in [-0.05, 0) is 13.8 Å². The number of hydrogen-bond acceptors (Lipinski definition) is 7. The summed E-state index contributed by atoms with van der Waals surface area (Å²) in [4.78, 5) is 8.61. The Balaban J connectivity index is 2.29. The van der Waals surface area contributed by atoms with Crippen LogP contribution in [0.5, 0.6) is 0 Å². The van der Waals surface area contributed by atoms with Crippen molar-refractivity contribution in [3.05, 3.63) is 6.20 Å². The zero-order valence-corrected chi connectivity index (χ0v) is 12.5. The molecule has 3 N–H and O–H groups in total. The highest BCUT2D eigenvalue weighted by atomic mass is 32.2. The topological polar surface area (TPSA) is 113 Å². The largest absolute Gasteiger partial charge is 0.366 e. The van der Waals surface area contributed by atoms with E-state index in [0.29, 0.717) is 24.0 Å². The number of aromatic amines is 1. The summed E-state index contributed by atoms with van der Waals surface area (Å²) < 4.78 is 22.6. The van der Waals surface area contributed by atoms with Gasteiger partial charge in [-0.25, -0.2) is 8.42 Å². The van der Waals surface area contributed by atoms with E-state index in [1.165, 1.54) is 6.26 Å². The SMILES string of the molecule is CCNc1nc(NC(C)CS(C)(=O)=O)c2cn[nH]c2n1. The first-order chi connectivity index (χ1) is 9.39. The van der Waals surface area contributed by atoms with Gasteiger partial charge in [0.25, 0.3) is 0 Å². The van der Waals surface area contributed by atoms with Crippen LogP contribution in [0.15, 0.2) is 6.20 Å². The second kappa shape index (κ2) is 5.61. The molecule has 2 aromatic heterocycles. The van der Waals surface area contributed by atoms with Crippen LogP contribution in [0.3, 0.4) is 0 Å². The molecule has 2 rings (SSSR count). The van der Waals surface area contributed by atoms with Crippen LogP contribution in [0.4, 0.5) is 11.8 Å². The summed E-state index contributed by atoms with van der Waals surface area (Å²) in [5.41, 5.74) is 0.602. The lowest BCUT2D eigenvalue weighted by atomic mass is 10.3. The molecule has 1 atom stereocenters. The summed E-state index contributed by atoms with van der Waals surface area (Å²) in [5, 5.41) is 13.6. The molecule has 0 bridgehead atoms. The molecule has 0 spiro atoms. The molecule has 8 nitrogen and oxygen atoms in total. The molecule has 0 saturated carbocycles. The van der Waals surface area contributed by atoms with Crippen LogP contribution in [-0.2, 0) is 9.84 Å². The molecule has 1 unspecified atom stereocenters. The van der Waals surface area contributed by atoms with Crippen LogP contribution in [0.2, 0.25) is 0 Å². The lowest BCUT2D eigenvalue weighted by molar-refractivity contribution is 0.598. The predicted octanol–water partition coefficient (Wildman–Crippen LogP) is 0.630. The highest BCUT2D eigenvalue weighted by Gasteiger charge is 2.14. The summed E-state index contributed by atoms with van der Waals surface area (Å²) in [6.45, 7) is 4.43. The van der Waals surface area contributed by atoms with Gasteiger partial charge >= 0.3 is 0 Å². The average Bonchev–Trinajstić information content (AvgIpc) is 2.74. The van der Waals surface area contributed by atoms with Gasteiger partial charge in [0.2, 0.25) is 5.95 Å². The van der Waals surface area contributed by atoms with Crippen molar-refractivity contribution in [1.82, 2.24) is 20.2 Å². The van der Waals surface area contributed by atoms with E-state index in [-0.39, 0.29) is 11.8 Å². The monoisotopic (exact) mass is 298 g/mol. The van der Waals surface area contributed by atoms with Crippen molar-refractivity contribution in [3.8, 4) is 0 Å².